The van der Waals surface area contributed by atoms with Crippen molar-refractivity contribution in [1.29, 1.82) is 0 Å². The lowest BCUT2D eigenvalue weighted by Gasteiger charge is -2.22. The van der Waals surface area contributed by atoms with E-state index in [1.165, 1.54) is 0 Å². The van der Waals surface area contributed by atoms with Crippen LogP contribution in [-0.2, 0) is 9.53 Å². The van der Waals surface area contributed by atoms with Crippen LogP contribution in [0.2, 0.25) is 0 Å². The van der Waals surface area contributed by atoms with Crippen molar-refractivity contribution in [2.45, 2.75) is 6.04 Å². The first-order valence-electron chi connectivity index (χ1n) is 7.45. The number of thiazole rings is 1. The highest BCUT2D eigenvalue weighted by Gasteiger charge is 2.22. The third-order valence-corrected chi connectivity index (χ3v) is 4.75. The van der Waals surface area contributed by atoms with Crippen LogP contribution in [0.4, 0.5) is 5.82 Å². The molecule has 118 valence electrons. The Morgan fingerprint density at radius 1 is 1.35 bits per heavy atom. The Morgan fingerprint density at radius 3 is 2.96 bits per heavy atom. The number of amides is 1. The van der Waals surface area contributed by atoms with Crippen LogP contribution < -0.4 is 10.6 Å². The van der Waals surface area contributed by atoms with Gasteiger partial charge in [-0.15, -0.1) is 0 Å². The molecule has 1 fully saturated rings. The van der Waals surface area contributed by atoms with Crippen molar-refractivity contribution in [3.63, 3.8) is 0 Å². The lowest BCUT2D eigenvalue weighted by atomic mass is 10.2. The van der Waals surface area contributed by atoms with Crippen LogP contribution in [0.3, 0.4) is 0 Å². The predicted octanol–water partition coefficient (Wildman–Crippen LogP) is 1.99. The minimum absolute atomic E-state index is 0.112. The number of carbonyl (C=O) groups excluding carboxylic acids is 1. The number of fused-ring (bicyclic) bond motifs is 1. The van der Waals surface area contributed by atoms with Gasteiger partial charge in [-0.1, -0.05) is 41.7 Å². The molecule has 1 atom stereocenters. The number of aromatic nitrogens is 2. The smallest absolute Gasteiger partial charge is 0.245 e. The van der Waals surface area contributed by atoms with Gasteiger partial charge in [0.05, 0.1) is 24.3 Å². The summed E-state index contributed by atoms with van der Waals surface area (Å²) < 4.78 is 7.24. The molecule has 1 unspecified atom stereocenters. The zero-order valence-electron chi connectivity index (χ0n) is 12.4. The Balaban J connectivity index is 1.51. The van der Waals surface area contributed by atoms with E-state index in [9.17, 15) is 4.79 Å². The number of nitrogens with one attached hydrogen (secondary N) is 2. The van der Waals surface area contributed by atoms with E-state index in [0.29, 0.717) is 25.6 Å². The first-order valence-corrected chi connectivity index (χ1v) is 8.27. The Kier molecular flexibility index (Phi) is 3.82. The van der Waals surface area contributed by atoms with Gasteiger partial charge in [0.1, 0.15) is 6.04 Å². The van der Waals surface area contributed by atoms with E-state index in [1.807, 2.05) is 35.0 Å². The topological polar surface area (TPSA) is 67.7 Å². The van der Waals surface area contributed by atoms with Gasteiger partial charge in [0.25, 0.3) is 0 Å². The van der Waals surface area contributed by atoms with Crippen molar-refractivity contribution in [3.8, 4) is 10.4 Å². The average Bonchev–Trinajstić information content (AvgIpc) is 3.15. The largest absolute Gasteiger partial charge is 0.378 e. The van der Waals surface area contributed by atoms with Crippen molar-refractivity contribution < 1.29 is 9.53 Å². The van der Waals surface area contributed by atoms with Gasteiger partial charge in [0.15, 0.2) is 10.8 Å². The molecule has 1 amide bonds. The van der Waals surface area contributed by atoms with Crippen molar-refractivity contribution in [1.82, 2.24) is 14.7 Å². The Morgan fingerprint density at radius 2 is 2.22 bits per heavy atom. The van der Waals surface area contributed by atoms with Crippen LogP contribution >= 0.6 is 11.3 Å². The number of nitrogens with zero attached hydrogens (tertiary/aromatic N) is 2. The molecule has 1 aliphatic rings. The molecule has 2 aromatic heterocycles. The highest BCUT2D eigenvalue weighted by atomic mass is 32.1. The second-order valence-corrected chi connectivity index (χ2v) is 6.36. The highest BCUT2D eigenvalue weighted by Crippen LogP contribution is 2.29. The number of ether oxygens (including phenoxy) is 1. The minimum Gasteiger partial charge on any atom is -0.378 e. The third-order valence-electron chi connectivity index (χ3n) is 3.70. The number of hydrogen-bond donors (Lipinski definition) is 2. The predicted molar refractivity (Wildman–Crippen MR) is 89.7 cm³/mol. The third kappa shape index (κ3) is 2.98. The summed E-state index contributed by atoms with van der Waals surface area (Å²) in [7, 11) is 0. The van der Waals surface area contributed by atoms with Gasteiger partial charge in [0, 0.05) is 12.7 Å². The van der Waals surface area contributed by atoms with E-state index in [4.69, 9.17) is 4.74 Å². The number of morpholine rings is 1. The molecular weight excluding hydrogens is 312 g/mol. The fourth-order valence-electron chi connectivity index (χ4n) is 2.54. The molecule has 7 heteroatoms. The van der Waals surface area contributed by atoms with Crippen LogP contribution in [0.15, 0.2) is 42.7 Å². The molecule has 3 aromatic rings. The fourth-order valence-corrected chi connectivity index (χ4v) is 3.51. The molecule has 6 nitrogen and oxygen atoms in total. The van der Waals surface area contributed by atoms with Crippen LogP contribution in [0.5, 0.6) is 0 Å². The van der Waals surface area contributed by atoms with Gasteiger partial charge in [0.2, 0.25) is 5.91 Å². The zero-order valence-corrected chi connectivity index (χ0v) is 13.2. The Labute approximate surface area is 137 Å². The quantitative estimate of drug-likeness (QED) is 0.771. The molecule has 23 heavy (non-hydrogen) atoms. The molecule has 1 aliphatic heterocycles. The van der Waals surface area contributed by atoms with E-state index >= 15 is 0 Å². The summed E-state index contributed by atoms with van der Waals surface area (Å²) in [5.41, 5.74) is 1.16. The van der Waals surface area contributed by atoms with Gasteiger partial charge in [-0.3, -0.25) is 9.20 Å². The number of hydrogen-bond acceptors (Lipinski definition) is 5. The maximum Gasteiger partial charge on any atom is 0.245 e. The molecule has 0 spiro atoms. The summed E-state index contributed by atoms with van der Waals surface area (Å²) >= 11 is 1.59. The van der Waals surface area contributed by atoms with Gasteiger partial charge in [-0.05, 0) is 5.56 Å². The molecule has 0 radical (unpaired) electrons. The molecular formula is C16H16N4O2S. The maximum atomic E-state index is 12.2. The lowest BCUT2D eigenvalue weighted by molar-refractivity contribution is -0.120. The minimum atomic E-state index is -0.316. The zero-order chi connectivity index (χ0) is 15.6. The van der Waals surface area contributed by atoms with Crippen molar-refractivity contribution >= 4 is 28.0 Å². The van der Waals surface area contributed by atoms with Gasteiger partial charge < -0.3 is 15.4 Å². The number of rotatable bonds is 3. The molecule has 1 saturated heterocycles. The standard InChI is InChI=1S/C16H16N4O2S/c21-15(12-10-22-7-6-17-12)18-14-9-20-8-13(23-16(20)19-14)11-4-2-1-3-5-11/h1-5,8-9,12,17H,6-7,10H2,(H,18,21). The molecule has 0 aliphatic carbocycles. The number of benzene rings is 1. The molecule has 2 N–H and O–H groups in total. The van der Waals surface area contributed by atoms with E-state index < -0.39 is 0 Å². The summed E-state index contributed by atoms with van der Waals surface area (Å²) in [5.74, 6) is 0.451. The highest BCUT2D eigenvalue weighted by molar-refractivity contribution is 7.20. The number of carbonyl (C=O) groups is 1. The van der Waals surface area contributed by atoms with Crippen LogP contribution in [0.25, 0.3) is 15.4 Å². The van der Waals surface area contributed by atoms with E-state index in [-0.39, 0.29) is 11.9 Å². The van der Waals surface area contributed by atoms with E-state index in [2.05, 4.69) is 27.8 Å². The summed E-state index contributed by atoms with van der Waals surface area (Å²) in [6, 6.07) is 9.86. The van der Waals surface area contributed by atoms with Gasteiger partial charge in [-0.25, -0.2) is 4.98 Å². The second-order valence-electron chi connectivity index (χ2n) is 5.35. The summed E-state index contributed by atoms with van der Waals surface area (Å²) in [4.78, 5) is 18.6. The first-order chi connectivity index (χ1) is 11.3. The van der Waals surface area contributed by atoms with Crippen LogP contribution in [-0.4, -0.2) is 41.1 Å². The van der Waals surface area contributed by atoms with Crippen LogP contribution in [0, 0.1) is 0 Å². The summed E-state index contributed by atoms with van der Waals surface area (Å²) in [6.07, 6.45) is 3.86. The van der Waals surface area contributed by atoms with Crippen molar-refractivity contribution in [2.24, 2.45) is 0 Å². The summed E-state index contributed by atoms with van der Waals surface area (Å²) in [6.45, 7) is 1.73. The Hall–Kier alpha value is -2.22. The van der Waals surface area contributed by atoms with Gasteiger partial charge >= 0.3 is 0 Å². The lowest BCUT2D eigenvalue weighted by Crippen LogP contribution is -2.48. The van der Waals surface area contributed by atoms with Gasteiger partial charge in [-0.2, -0.15) is 0 Å². The first kappa shape index (κ1) is 14.4. The summed E-state index contributed by atoms with van der Waals surface area (Å²) in [5, 5.41) is 5.97. The number of imidazole rings is 1. The van der Waals surface area contributed by atoms with Crippen LogP contribution in [0.1, 0.15) is 0 Å². The monoisotopic (exact) mass is 328 g/mol. The molecule has 3 heterocycles. The maximum absolute atomic E-state index is 12.2. The molecule has 0 saturated carbocycles. The Bertz CT molecular complexity index is 790. The molecule has 0 bridgehead atoms. The normalized spacial score (nSPS) is 18.2. The van der Waals surface area contributed by atoms with Crippen molar-refractivity contribution in [2.75, 3.05) is 25.1 Å². The number of anilines is 1. The van der Waals surface area contributed by atoms with Crippen molar-refractivity contribution in [3.05, 3.63) is 42.7 Å². The van der Waals surface area contributed by atoms with E-state index in [1.54, 1.807) is 11.3 Å². The average molecular weight is 328 g/mol. The van der Waals surface area contributed by atoms with E-state index in [0.717, 1.165) is 15.4 Å². The fraction of sp³-hybridized carbons (Fsp3) is 0.250. The SMILES string of the molecule is O=C(Nc1cn2cc(-c3ccccc3)sc2n1)C1COCCN1. The molecule has 4 rings (SSSR count). The molecule has 1 aromatic carbocycles. The second kappa shape index (κ2) is 6.11.